The Bertz CT molecular complexity index is 795. The predicted octanol–water partition coefficient (Wildman–Crippen LogP) is 3.28. The molecule has 0 aliphatic heterocycles. The third-order valence-corrected chi connectivity index (χ3v) is 3.12. The van der Waals surface area contributed by atoms with Crippen molar-refractivity contribution in [2.75, 3.05) is 7.11 Å². The normalized spacial score (nSPS) is 10.5. The molecule has 0 radical (unpaired) electrons. The van der Waals surface area contributed by atoms with Gasteiger partial charge in [0.25, 0.3) is 5.69 Å². The molecule has 0 spiro atoms. The highest BCUT2D eigenvalue weighted by Crippen LogP contribution is 2.16. The zero-order chi connectivity index (χ0) is 16.8. The van der Waals surface area contributed by atoms with Crippen LogP contribution >= 0.6 is 0 Å². The molecule has 0 bridgehead atoms. The number of rotatable bonds is 5. The van der Waals surface area contributed by atoms with Crippen molar-refractivity contribution in [2.24, 2.45) is 0 Å². The second kappa shape index (κ2) is 7.13. The molecule has 0 heterocycles. The minimum Gasteiger partial charge on any atom is -0.465 e. The molecule has 6 nitrogen and oxygen atoms in total. The average molecular weight is 311 g/mol. The summed E-state index contributed by atoms with van der Waals surface area (Å²) in [5.74, 6) is -0.901. The van der Waals surface area contributed by atoms with E-state index in [-0.39, 0.29) is 11.3 Å². The third-order valence-electron chi connectivity index (χ3n) is 3.12. The van der Waals surface area contributed by atoms with Crippen molar-refractivity contribution in [3.63, 3.8) is 0 Å². The van der Waals surface area contributed by atoms with Gasteiger partial charge in [-0.15, -0.1) is 0 Å². The Morgan fingerprint density at radius 2 is 1.87 bits per heavy atom. The molecule has 2 aromatic rings. The number of nitro benzene ring substituents is 1. The van der Waals surface area contributed by atoms with Gasteiger partial charge in [0.1, 0.15) is 0 Å². The molecule has 0 aliphatic rings. The first kappa shape index (κ1) is 16.1. The first-order valence-electron chi connectivity index (χ1n) is 6.67. The van der Waals surface area contributed by atoms with E-state index in [9.17, 15) is 19.7 Å². The van der Waals surface area contributed by atoms with Crippen LogP contribution in [0.15, 0.2) is 54.6 Å². The van der Waals surface area contributed by atoms with E-state index in [4.69, 9.17) is 0 Å². The van der Waals surface area contributed by atoms with Crippen LogP contribution in [0, 0.1) is 10.1 Å². The SMILES string of the molecule is COC(=O)c1ccccc1/C=C/C(=O)c1cccc([N+](=O)[O-])c1. The summed E-state index contributed by atoms with van der Waals surface area (Å²) < 4.78 is 4.68. The molecule has 0 aromatic heterocycles. The van der Waals surface area contributed by atoms with Gasteiger partial charge in [-0.25, -0.2) is 4.79 Å². The maximum Gasteiger partial charge on any atom is 0.338 e. The topological polar surface area (TPSA) is 86.5 Å². The third kappa shape index (κ3) is 3.88. The van der Waals surface area contributed by atoms with Crippen molar-refractivity contribution in [2.45, 2.75) is 0 Å². The zero-order valence-corrected chi connectivity index (χ0v) is 12.3. The molecule has 2 aromatic carbocycles. The van der Waals surface area contributed by atoms with E-state index >= 15 is 0 Å². The number of carbonyl (C=O) groups is 2. The monoisotopic (exact) mass is 311 g/mol. The summed E-state index contributed by atoms with van der Waals surface area (Å²) in [5, 5.41) is 10.7. The van der Waals surface area contributed by atoms with Crippen molar-refractivity contribution < 1.29 is 19.2 Å². The molecule has 2 rings (SSSR count). The molecule has 0 unspecified atom stereocenters. The fraction of sp³-hybridized carbons (Fsp3) is 0.0588. The Labute approximate surface area is 132 Å². The lowest BCUT2D eigenvalue weighted by molar-refractivity contribution is -0.384. The lowest BCUT2D eigenvalue weighted by Crippen LogP contribution is -2.03. The summed E-state index contributed by atoms with van der Waals surface area (Å²) in [6.45, 7) is 0. The van der Waals surface area contributed by atoms with Crippen LogP contribution in [-0.4, -0.2) is 23.8 Å². The number of carbonyl (C=O) groups excluding carboxylic acids is 2. The van der Waals surface area contributed by atoms with Crippen molar-refractivity contribution in [3.8, 4) is 0 Å². The molecule has 23 heavy (non-hydrogen) atoms. The number of ether oxygens (including phenoxy) is 1. The summed E-state index contributed by atoms with van der Waals surface area (Å²) in [6, 6.07) is 12.1. The smallest absolute Gasteiger partial charge is 0.338 e. The lowest BCUT2D eigenvalue weighted by atomic mass is 10.0. The van der Waals surface area contributed by atoms with Crippen molar-refractivity contribution in [1.29, 1.82) is 0 Å². The molecule has 0 N–H and O–H groups in total. The van der Waals surface area contributed by atoms with E-state index in [2.05, 4.69) is 4.74 Å². The molecule has 0 aliphatic carbocycles. The molecular weight excluding hydrogens is 298 g/mol. The van der Waals surface area contributed by atoms with Crippen LogP contribution in [-0.2, 0) is 4.74 Å². The van der Waals surface area contributed by atoms with Crippen molar-refractivity contribution in [1.82, 2.24) is 0 Å². The summed E-state index contributed by atoms with van der Waals surface area (Å²) in [7, 11) is 1.27. The van der Waals surface area contributed by atoms with E-state index in [1.54, 1.807) is 24.3 Å². The van der Waals surface area contributed by atoms with Crippen LogP contribution < -0.4 is 0 Å². The van der Waals surface area contributed by atoms with Crippen molar-refractivity contribution >= 4 is 23.5 Å². The Kier molecular flexibility index (Phi) is 4.99. The predicted molar refractivity (Wildman–Crippen MR) is 84.2 cm³/mol. The second-order valence-corrected chi connectivity index (χ2v) is 4.58. The van der Waals surface area contributed by atoms with Gasteiger partial charge >= 0.3 is 5.97 Å². The van der Waals surface area contributed by atoms with E-state index < -0.39 is 16.7 Å². The lowest BCUT2D eigenvalue weighted by Gasteiger charge is -2.03. The van der Waals surface area contributed by atoms with E-state index in [0.29, 0.717) is 11.1 Å². The number of nitro groups is 1. The molecule has 0 fully saturated rings. The Balaban J connectivity index is 2.27. The van der Waals surface area contributed by atoms with Crippen LogP contribution in [0.4, 0.5) is 5.69 Å². The van der Waals surface area contributed by atoms with Crippen LogP contribution in [0.3, 0.4) is 0 Å². The molecule has 6 heteroatoms. The van der Waals surface area contributed by atoms with Gasteiger partial charge in [-0.3, -0.25) is 14.9 Å². The number of hydrogen-bond acceptors (Lipinski definition) is 5. The summed E-state index contributed by atoms with van der Waals surface area (Å²) in [6.07, 6.45) is 2.74. The highest BCUT2D eigenvalue weighted by molar-refractivity contribution is 6.07. The van der Waals surface area contributed by atoms with E-state index in [1.165, 1.54) is 43.5 Å². The number of nitrogens with zero attached hydrogens (tertiary/aromatic N) is 1. The highest BCUT2D eigenvalue weighted by atomic mass is 16.6. The number of esters is 1. The van der Waals surface area contributed by atoms with E-state index in [1.807, 2.05) is 0 Å². The number of hydrogen-bond donors (Lipinski definition) is 0. The fourth-order valence-electron chi connectivity index (χ4n) is 1.97. The Morgan fingerprint density at radius 1 is 1.13 bits per heavy atom. The van der Waals surface area contributed by atoms with Gasteiger partial charge in [0.15, 0.2) is 5.78 Å². The van der Waals surface area contributed by atoms with Crippen LogP contribution in [0.2, 0.25) is 0 Å². The quantitative estimate of drug-likeness (QED) is 0.278. The molecule has 116 valence electrons. The number of methoxy groups -OCH3 is 1. The van der Waals surface area contributed by atoms with Gasteiger partial charge in [-0.2, -0.15) is 0 Å². The summed E-state index contributed by atoms with van der Waals surface area (Å²) in [5.41, 5.74) is 0.904. The highest BCUT2D eigenvalue weighted by Gasteiger charge is 2.11. The van der Waals surface area contributed by atoms with Gasteiger partial charge in [0, 0.05) is 17.7 Å². The molecular formula is C17H13NO5. The number of non-ortho nitro benzene ring substituents is 1. The van der Waals surface area contributed by atoms with Crippen LogP contribution in [0.25, 0.3) is 6.08 Å². The zero-order valence-electron chi connectivity index (χ0n) is 12.3. The van der Waals surface area contributed by atoms with Crippen LogP contribution in [0.1, 0.15) is 26.3 Å². The first-order chi connectivity index (χ1) is 11.0. The van der Waals surface area contributed by atoms with E-state index in [0.717, 1.165) is 0 Å². The number of allylic oxidation sites excluding steroid dienone is 1. The molecule has 0 saturated carbocycles. The largest absolute Gasteiger partial charge is 0.465 e. The first-order valence-corrected chi connectivity index (χ1v) is 6.67. The minimum atomic E-state index is -0.562. The summed E-state index contributed by atoms with van der Waals surface area (Å²) >= 11 is 0. The van der Waals surface area contributed by atoms with Gasteiger partial charge in [0.05, 0.1) is 17.6 Å². The Hall–Kier alpha value is -3.28. The standard InChI is InChI=1S/C17H13NO5/c1-23-17(20)15-8-3-2-5-12(15)9-10-16(19)13-6-4-7-14(11-13)18(21)22/h2-11H,1H3/b10-9+. The van der Waals surface area contributed by atoms with Gasteiger partial charge < -0.3 is 4.74 Å². The van der Waals surface area contributed by atoms with Gasteiger partial charge in [-0.1, -0.05) is 36.4 Å². The van der Waals surface area contributed by atoms with Crippen molar-refractivity contribution in [3.05, 3.63) is 81.4 Å². The second-order valence-electron chi connectivity index (χ2n) is 4.58. The van der Waals surface area contributed by atoms with Gasteiger partial charge in [0.2, 0.25) is 0 Å². The average Bonchev–Trinajstić information content (AvgIpc) is 2.59. The number of ketones is 1. The maximum absolute atomic E-state index is 12.1. The van der Waals surface area contributed by atoms with Crippen LogP contribution in [0.5, 0.6) is 0 Å². The minimum absolute atomic E-state index is 0.154. The molecule has 0 saturated heterocycles. The maximum atomic E-state index is 12.1. The fourth-order valence-corrected chi connectivity index (χ4v) is 1.97. The Morgan fingerprint density at radius 3 is 2.57 bits per heavy atom. The number of benzene rings is 2. The molecule has 0 amide bonds. The summed E-state index contributed by atoms with van der Waals surface area (Å²) in [4.78, 5) is 33.9. The van der Waals surface area contributed by atoms with Gasteiger partial charge in [-0.05, 0) is 17.7 Å². The molecule has 0 atom stereocenters.